The van der Waals surface area contributed by atoms with Gasteiger partial charge in [0.05, 0.1) is 25.3 Å². The van der Waals surface area contributed by atoms with Gasteiger partial charge in [0.1, 0.15) is 5.75 Å². The normalized spacial score (nSPS) is 20.4. The van der Waals surface area contributed by atoms with Gasteiger partial charge >= 0.3 is 0 Å². The van der Waals surface area contributed by atoms with E-state index in [9.17, 15) is 9.59 Å². The van der Waals surface area contributed by atoms with Crippen LogP contribution in [-0.2, 0) is 9.59 Å². The summed E-state index contributed by atoms with van der Waals surface area (Å²) in [6, 6.07) is 12.9. The van der Waals surface area contributed by atoms with Gasteiger partial charge in [-0.1, -0.05) is 17.7 Å². The average Bonchev–Trinajstić information content (AvgIpc) is 3.04. The summed E-state index contributed by atoms with van der Waals surface area (Å²) >= 11 is 6.19. The molecular weight excluding hydrogens is 390 g/mol. The van der Waals surface area contributed by atoms with Crippen LogP contribution in [0.4, 0.5) is 11.4 Å². The van der Waals surface area contributed by atoms with Crippen LogP contribution < -0.4 is 14.5 Å². The Labute approximate surface area is 175 Å². The number of carbonyl (C=O) groups is 2. The number of methoxy groups -OCH3 is 1. The number of benzene rings is 2. The highest BCUT2D eigenvalue weighted by Crippen LogP contribution is 2.32. The Kier molecular flexibility index (Phi) is 5.48. The Morgan fingerprint density at radius 3 is 2.34 bits per heavy atom. The van der Waals surface area contributed by atoms with Crippen LogP contribution in [0.1, 0.15) is 12.0 Å². The van der Waals surface area contributed by atoms with Crippen molar-refractivity contribution in [3.8, 4) is 5.75 Å². The van der Waals surface area contributed by atoms with E-state index in [0.717, 1.165) is 43.2 Å². The third kappa shape index (κ3) is 3.70. The second kappa shape index (κ2) is 8.05. The average molecular weight is 414 g/mol. The molecule has 0 saturated carbocycles. The molecule has 2 fully saturated rings. The van der Waals surface area contributed by atoms with Gasteiger partial charge in [-0.3, -0.25) is 14.5 Å². The molecule has 2 aliphatic rings. The summed E-state index contributed by atoms with van der Waals surface area (Å²) in [5.41, 5.74) is 2.48. The van der Waals surface area contributed by atoms with Gasteiger partial charge in [0.25, 0.3) is 5.91 Å². The minimum Gasteiger partial charge on any atom is -0.497 e. The van der Waals surface area contributed by atoms with Crippen LogP contribution in [0.25, 0.3) is 0 Å². The van der Waals surface area contributed by atoms with E-state index < -0.39 is 6.04 Å². The lowest BCUT2D eigenvalue weighted by Crippen LogP contribution is -2.52. The van der Waals surface area contributed by atoms with Crippen LogP contribution in [0.15, 0.2) is 42.5 Å². The number of hydrogen-bond acceptors (Lipinski definition) is 5. The Balaban J connectivity index is 1.44. The van der Waals surface area contributed by atoms with E-state index in [1.54, 1.807) is 25.3 Å². The third-order valence-electron chi connectivity index (χ3n) is 5.80. The number of carbonyl (C=O) groups excluding carboxylic acids is 2. The summed E-state index contributed by atoms with van der Waals surface area (Å²) in [7, 11) is 1.65. The van der Waals surface area contributed by atoms with E-state index >= 15 is 0 Å². The number of nitrogens with zero attached hydrogens (tertiary/aromatic N) is 3. The summed E-state index contributed by atoms with van der Waals surface area (Å²) < 4.78 is 5.22. The van der Waals surface area contributed by atoms with E-state index in [0.29, 0.717) is 10.7 Å². The predicted octanol–water partition coefficient (Wildman–Crippen LogP) is 3.11. The molecule has 0 unspecified atom stereocenters. The number of ether oxygens (including phenoxy) is 1. The largest absolute Gasteiger partial charge is 0.497 e. The van der Waals surface area contributed by atoms with Crippen LogP contribution in [0.2, 0.25) is 5.02 Å². The van der Waals surface area contributed by atoms with Crippen LogP contribution >= 0.6 is 11.6 Å². The zero-order chi connectivity index (χ0) is 20.5. The molecular formula is C22H24ClN3O3. The molecule has 1 atom stereocenters. The quantitative estimate of drug-likeness (QED) is 0.721. The van der Waals surface area contributed by atoms with Gasteiger partial charge in [0, 0.05) is 36.9 Å². The topological polar surface area (TPSA) is 53.1 Å². The van der Waals surface area contributed by atoms with Gasteiger partial charge in [-0.05, 0) is 48.9 Å². The zero-order valence-electron chi connectivity index (χ0n) is 16.6. The molecule has 2 saturated heterocycles. The van der Waals surface area contributed by atoms with E-state index in [4.69, 9.17) is 16.3 Å². The summed E-state index contributed by atoms with van der Waals surface area (Å²) in [5, 5.41) is 0.555. The molecule has 7 heteroatoms. The van der Waals surface area contributed by atoms with Crippen molar-refractivity contribution in [2.24, 2.45) is 0 Å². The molecule has 6 nitrogen and oxygen atoms in total. The number of halogens is 1. The fourth-order valence-corrected chi connectivity index (χ4v) is 4.25. The molecule has 2 aliphatic heterocycles. The first-order chi connectivity index (χ1) is 14.0. The molecule has 2 aromatic rings. The number of piperazine rings is 1. The van der Waals surface area contributed by atoms with Gasteiger partial charge < -0.3 is 9.64 Å². The van der Waals surface area contributed by atoms with E-state index in [2.05, 4.69) is 9.80 Å². The van der Waals surface area contributed by atoms with Gasteiger partial charge in [-0.25, -0.2) is 4.90 Å². The number of imide groups is 1. The van der Waals surface area contributed by atoms with Gasteiger partial charge in [0.2, 0.25) is 5.91 Å². The Hall–Kier alpha value is -2.57. The van der Waals surface area contributed by atoms with Crippen LogP contribution in [0.3, 0.4) is 0 Å². The highest BCUT2D eigenvalue weighted by molar-refractivity contribution is 6.32. The first-order valence-corrected chi connectivity index (χ1v) is 10.1. The first kappa shape index (κ1) is 19.7. The third-order valence-corrected chi connectivity index (χ3v) is 6.20. The molecule has 0 aliphatic carbocycles. The van der Waals surface area contributed by atoms with Crippen molar-refractivity contribution < 1.29 is 14.3 Å². The van der Waals surface area contributed by atoms with Gasteiger partial charge in [-0.15, -0.1) is 0 Å². The molecule has 29 heavy (non-hydrogen) atoms. The number of hydrogen-bond donors (Lipinski definition) is 0. The summed E-state index contributed by atoms with van der Waals surface area (Å²) in [6.07, 6.45) is 0.216. The first-order valence-electron chi connectivity index (χ1n) is 9.74. The fourth-order valence-electron chi connectivity index (χ4n) is 4.08. The standard InChI is InChI=1S/C22H24ClN3O3/c1-15-18(23)4-3-5-19(15)26-21(27)14-20(22(26)28)25-12-10-24(11-13-25)16-6-8-17(29-2)9-7-16/h3-9,20H,10-14H2,1-2H3/t20-/m1/s1. The number of rotatable bonds is 4. The molecule has 152 valence electrons. The smallest absolute Gasteiger partial charge is 0.251 e. The highest BCUT2D eigenvalue weighted by Gasteiger charge is 2.43. The molecule has 0 radical (unpaired) electrons. The van der Waals surface area contributed by atoms with E-state index in [-0.39, 0.29) is 18.2 Å². The molecule has 4 rings (SSSR count). The molecule has 0 bridgehead atoms. The molecule has 0 aromatic heterocycles. The maximum Gasteiger partial charge on any atom is 0.251 e. The molecule has 2 heterocycles. The van der Waals surface area contributed by atoms with Crippen molar-refractivity contribution in [2.75, 3.05) is 43.1 Å². The van der Waals surface area contributed by atoms with Gasteiger partial charge in [0.15, 0.2) is 0 Å². The van der Waals surface area contributed by atoms with Gasteiger partial charge in [-0.2, -0.15) is 0 Å². The second-order valence-electron chi connectivity index (χ2n) is 7.39. The minimum atomic E-state index is -0.404. The SMILES string of the molecule is COc1ccc(N2CCN([C@@H]3CC(=O)N(c4cccc(Cl)c4C)C3=O)CC2)cc1. The van der Waals surface area contributed by atoms with Crippen LogP contribution in [0, 0.1) is 6.92 Å². The lowest BCUT2D eigenvalue weighted by atomic mass is 10.1. The monoisotopic (exact) mass is 413 g/mol. The molecule has 2 amide bonds. The fraction of sp³-hybridized carbons (Fsp3) is 0.364. The van der Waals surface area contributed by atoms with E-state index in [1.807, 2.05) is 31.2 Å². The minimum absolute atomic E-state index is 0.154. The van der Waals surface area contributed by atoms with Crippen molar-refractivity contribution in [2.45, 2.75) is 19.4 Å². The zero-order valence-corrected chi connectivity index (χ0v) is 17.4. The van der Waals surface area contributed by atoms with Crippen molar-refractivity contribution >= 4 is 34.8 Å². The van der Waals surface area contributed by atoms with Crippen LogP contribution in [-0.4, -0.2) is 56.0 Å². The Morgan fingerprint density at radius 1 is 1.00 bits per heavy atom. The summed E-state index contributed by atoms with van der Waals surface area (Å²) in [5.74, 6) is 0.514. The maximum atomic E-state index is 13.1. The second-order valence-corrected chi connectivity index (χ2v) is 7.80. The lowest BCUT2D eigenvalue weighted by Gasteiger charge is -2.38. The van der Waals surface area contributed by atoms with Crippen molar-refractivity contribution in [3.05, 3.63) is 53.1 Å². The Bertz CT molecular complexity index is 923. The highest BCUT2D eigenvalue weighted by atomic mass is 35.5. The van der Waals surface area contributed by atoms with Crippen molar-refractivity contribution in [1.82, 2.24) is 4.90 Å². The van der Waals surface area contributed by atoms with Crippen molar-refractivity contribution in [1.29, 1.82) is 0 Å². The lowest BCUT2D eigenvalue weighted by molar-refractivity contribution is -0.123. The summed E-state index contributed by atoms with van der Waals surface area (Å²) in [4.78, 5) is 31.5. The van der Waals surface area contributed by atoms with E-state index in [1.165, 1.54) is 4.90 Å². The Morgan fingerprint density at radius 2 is 1.69 bits per heavy atom. The molecule has 2 aromatic carbocycles. The summed E-state index contributed by atoms with van der Waals surface area (Å²) in [6.45, 7) is 4.91. The molecule has 0 N–H and O–H groups in total. The number of anilines is 2. The predicted molar refractivity (Wildman–Crippen MR) is 114 cm³/mol. The maximum absolute atomic E-state index is 13.1. The number of amides is 2. The molecule has 0 spiro atoms. The van der Waals surface area contributed by atoms with Crippen LogP contribution in [0.5, 0.6) is 5.75 Å². The van der Waals surface area contributed by atoms with Crippen molar-refractivity contribution in [3.63, 3.8) is 0 Å².